The van der Waals surface area contributed by atoms with Crippen molar-refractivity contribution >= 4 is 6.09 Å². The van der Waals surface area contributed by atoms with Gasteiger partial charge in [0.1, 0.15) is 6.61 Å². The van der Waals surface area contributed by atoms with Crippen LogP contribution in [0.3, 0.4) is 0 Å². The van der Waals surface area contributed by atoms with Crippen LogP contribution in [-0.4, -0.2) is 23.1 Å². The maximum atomic E-state index is 12.6. The van der Waals surface area contributed by atoms with E-state index < -0.39 is 0 Å². The summed E-state index contributed by atoms with van der Waals surface area (Å²) in [6.45, 7) is 4.59. The molecule has 2 heterocycles. The van der Waals surface area contributed by atoms with Crippen LogP contribution in [0, 0.1) is 0 Å². The minimum absolute atomic E-state index is 0.170. The van der Waals surface area contributed by atoms with Gasteiger partial charge in [-0.25, -0.2) is 4.79 Å². The number of carbonyl (C=O) groups is 1. The number of allylic oxidation sites excluding steroid dienone is 2. The summed E-state index contributed by atoms with van der Waals surface area (Å²) in [6.07, 6.45) is 8.58. The molecule has 2 atom stereocenters. The number of piperidine rings is 1. The molecule has 3 nitrogen and oxygen atoms in total. The predicted octanol–water partition coefficient (Wildman–Crippen LogP) is 4.84. The SMILES string of the molecule is CC(C)=CC1=CC2CCCC(C1)N2C(=O)OCc1ccccc1. The van der Waals surface area contributed by atoms with Crippen molar-refractivity contribution < 1.29 is 9.53 Å². The average molecular weight is 311 g/mol. The molecule has 0 aliphatic carbocycles. The molecular weight excluding hydrogens is 286 g/mol. The van der Waals surface area contributed by atoms with Gasteiger partial charge in [-0.3, -0.25) is 4.90 Å². The average Bonchev–Trinajstić information content (AvgIpc) is 2.52. The summed E-state index contributed by atoms with van der Waals surface area (Å²) in [7, 11) is 0. The lowest BCUT2D eigenvalue weighted by Gasteiger charge is -2.43. The molecule has 2 unspecified atom stereocenters. The summed E-state index contributed by atoms with van der Waals surface area (Å²) in [6, 6.07) is 10.3. The number of hydrogen-bond donors (Lipinski definition) is 0. The second kappa shape index (κ2) is 7.03. The Balaban J connectivity index is 1.68. The molecule has 0 saturated carbocycles. The largest absolute Gasteiger partial charge is 0.445 e. The summed E-state index contributed by atoms with van der Waals surface area (Å²) in [5.74, 6) is 0. The smallest absolute Gasteiger partial charge is 0.410 e. The molecule has 1 aromatic carbocycles. The molecule has 23 heavy (non-hydrogen) atoms. The lowest BCUT2D eigenvalue weighted by atomic mass is 9.85. The number of fused-ring (bicyclic) bond motifs is 2. The van der Waals surface area contributed by atoms with E-state index in [1.54, 1.807) is 0 Å². The molecule has 2 aliphatic rings. The van der Waals surface area contributed by atoms with Crippen LogP contribution in [0.1, 0.15) is 45.1 Å². The quantitative estimate of drug-likeness (QED) is 0.799. The van der Waals surface area contributed by atoms with E-state index >= 15 is 0 Å². The fraction of sp³-hybridized carbons (Fsp3) is 0.450. The highest BCUT2D eigenvalue weighted by atomic mass is 16.6. The summed E-state index contributed by atoms with van der Waals surface area (Å²) in [4.78, 5) is 14.5. The zero-order valence-electron chi connectivity index (χ0n) is 14.0. The van der Waals surface area contributed by atoms with Gasteiger partial charge in [-0.2, -0.15) is 0 Å². The minimum atomic E-state index is -0.170. The first-order valence-corrected chi connectivity index (χ1v) is 8.48. The van der Waals surface area contributed by atoms with Crippen LogP contribution in [0.5, 0.6) is 0 Å². The minimum Gasteiger partial charge on any atom is -0.445 e. The Morgan fingerprint density at radius 3 is 2.74 bits per heavy atom. The highest BCUT2D eigenvalue weighted by Gasteiger charge is 2.37. The number of benzene rings is 1. The zero-order chi connectivity index (χ0) is 16.2. The number of carbonyl (C=O) groups excluding carboxylic acids is 1. The van der Waals surface area contributed by atoms with Gasteiger partial charge in [-0.1, -0.05) is 48.1 Å². The Morgan fingerprint density at radius 2 is 2.04 bits per heavy atom. The Labute approximate surface area is 138 Å². The van der Waals surface area contributed by atoms with Gasteiger partial charge >= 0.3 is 6.09 Å². The zero-order valence-corrected chi connectivity index (χ0v) is 14.0. The molecule has 1 aromatic rings. The van der Waals surface area contributed by atoms with Gasteiger partial charge in [-0.05, 0) is 50.7 Å². The van der Waals surface area contributed by atoms with Crippen LogP contribution in [0.4, 0.5) is 4.79 Å². The summed E-state index contributed by atoms with van der Waals surface area (Å²) in [5, 5.41) is 0. The maximum absolute atomic E-state index is 12.6. The van der Waals surface area contributed by atoms with Crippen molar-refractivity contribution in [2.45, 2.75) is 58.2 Å². The summed E-state index contributed by atoms with van der Waals surface area (Å²) < 4.78 is 5.56. The van der Waals surface area contributed by atoms with Gasteiger partial charge in [0.15, 0.2) is 0 Å². The van der Waals surface area contributed by atoms with E-state index in [9.17, 15) is 4.79 Å². The number of amides is 1. The molecule has 0 radical (unpaired) electrons. The Hall–Kier alpha value is -2.03. The van der Waals surface area contributed by atoms with Crippen molar-refractivity contribution in [3.8, 4) is 0 Å². The first-order valence-electron chi connectivity index (χ1n) is 8.48. The van der Waals surface area contributed by atoms with Crippen LogP contribution in [0.15, 0.2) is 53.6 Å². The Morgan fingerprint density at radius 1 is 1.26 bits per heavy atom. The first kappa shape index (κ1) is 15.9. The van der Waals surface area contributed by atoms with Crippen molar-refractivity contribution in [1.82, 2.24) is 4.90 Å². The number of nitrogens with zero attached hydrogens (tertiary/aromatic N) is 1. The summed E-state index contributed by atoms with van der Waals surface area (Å²) >= 11 is 0. The number of ether oxygens (including phenoxy) is 1. The topological polar surface area (TPSA) is 29.5 Å². The van der Waals surface area contributed by atoms with Crippen molar-refractivity contribution in [2.24, 2.45) is 0 Å². The van der Waals surface area contributed by atoms with Gasteiger partial charge in [0.25, 0.3) is 0 Å². The van der Waals surface area contributed by atoms with Gasteiger partial charge in [0.05, 0.1) is 6.04 Å². The molecule has 1 amide bonds. The van der Waals surface area contributed by atoms with E-state index in [4.69, 9.17) is 4.74 Å². The number of rotatable bonds is 3. The molecule has 1 fully saturated rings. The van der Waals surface area contributed by atoms with Crippen LogP contribution < -0.4 is 0 Å². The molecule has 3 heteroatoms. The van der Waals surface area contributed by atoms with Crippen molar-refractivity contribution in [3.05, 3.63) is 59.2 Å². The van der Waals surface area contributed by atoms with E-state index in [0.717, 1.165) is 24.8 Å². The monoisotopic (exact) mass is 311 g/mol. The number of hydrogen-bond acceptors (Lipinski definition) is 2. The second-order valence-corrected chi connectivity index (χ2v) is 6.77. The third-order valence-electron chi connectivity index (χ3n) is 4.56. The third kappa shape index (κ3) is 3.84. The Kier molecular flexibility index (Phi) is 4.85. The van der Waals surface area contributed by atoms with E-state index in [1.165, 1.54) is 17.6 Å². The van der Waals surface area contributed by atoms with Gasteiger partial charge in [0, 0.05) is 6.04 Å². The van der Waals surface area contributed by atoms with E-state index in [-0.39, 0.29) is 18.2 Å². The van der Waals surface area contributed by atoms with Gasteiger partial charge < -0.3 is 4.74 Å². The van der Waals surface area contributed by atoms with Crippen LogP contribution in [0.2, 0.25) is 0 Å². The van der Waals surface area contributed by atoms with E-state index in [1.807, 2.05) is 35.2 Å². The fourth-order valence-corrected chi connectivity index (χ4v) is 3.62. The molecule has 3 rings (SSSR count). The molecule has 0 spiro atoms. The van der Waals surface area contributed by atoms with Gasteiger partial charge in [0.2, 0.25) is 0 Å². The van der Waals surface area contributed by atoms with E-state index in [0.29, 0.717) is 6.61 Å². The van der Waals surface area contributed by atoms with Gasteiger partial charge in [-0.15, -0.1) is 0 Å². The van der Waals surface area contributed by atoms with Crippen molar-refractivity contribution in [3.63, 3.8) is 0 Å². The molecule has 2 aliphatic heterocycles. The normalized spacial score (nSPS) is 23.0. The fourth-order valence-electron chi connectivity index (χ4n) is 3.62. The maximum Gasteiger partial charge on any atom is 0.410 e. The van der Waals surface area contributed by atoms with Crippen LogP contribution in [-0.2, 0) is 11.3 Å². The lowest BCUT2D eigenvalue weighted by Crippen LogP contribution is -2.51. The summed E-state index contributed by atoms with van der Waals surface area (Å²) in [5.41, 5.74) is 3.71. The van der Waals surface area contributed by atoms with Crippen LogP contribution >= 0.6 is 0 Å². The standard InChI is InChI=1S/C20H25NO2/c1-15(2)11-17-12-18-9-6-10-19(13-17)21(18)20(22)23-14-16-7-4-3-5-8-16/h3-5,7-8,11-12,18-19H,6,9-10,13-14H2,1-2H3. The second-order valence-electron chi connectivity index (χ2n) is 6.77. The third-order valence-corrected chi connectivity index (χ3v) is 4.56. The predicted molar refractivity (Wildman–Crippen MR) is 92.0 cm³/mol. The molecule has 122 valence electrons. The van der Waals surface area contributed by atoms with E-state index in [2.05, 4.69) is 26.0 Å². The first-order chi connectivity index (χ1) is 11.1. The molecule has 0 N–H and O–H groups in total. The molecule has 1 saturated heterocycles. The van der Waals surface area contributed by atoms with Crippen LogP contribution in [0.25, 0.3) is 0 Å². The van der Waals surface area contributed by atoms with Crippen molar-refractivity contribution in [2.75, 3.05) is 0 Å². The lowest BCUT2D eigenvalue weighted by molar-refractivity contribution is 0.0488. The molecular formula is C20H25NO2. The van der Waals surface area contributed by atoms with Crippen molar-refractivity contribution in [1.29, 1.82) is 0 Å². The highest BCUT2D eigenvalue weighted by molar-refractivity contribution is 5.69. The molecule has 2 bridgehead atoms. The molecule has 0 aromatic heterocycles. The highest BCUT2D eigenvalue weighted by Crippen LogP contribution is 2.34. The Bertz CT molecular complexity index is 614.